The smallest absolute Gasteiger partial charge is 0.183 e. The summed E-state index contributed by atoms with van der Waals surface area (Å²) in [5.74, 6) is 0. The van der Waals surface area contributed by atoms with E-state index in [0.717, 1.165) is 23.5 Å². The van der Waals surface area contributed by atoms with Gasteiger partial charge in [0, 0.05) is 0 Å². The van der Waals surface area contributed by atoms with Gasteiger partial charge in [-0.1, -0.05) is 0 Å². The van der Waals surface area contributed by atoms with Crippen molar-refractivity contribution in [2.75, 3.05) is 19.8 Å². The normalized spacial score (nSPS) is 53.1. The summed E-state index contributed by atoms with van der Waals surface area (Å²) in [5.41, 5.74) is -1.69. The Kier molecular flexibility index (Phi) is 8.20. The molecule has 0 saturated carbocycles. The second kappa shape index (κ2) is 9.85. The maximum absolute atomic E-state index is 10.5. The lowest BCUT2D eigenvalue weighted by molar-refractivity contribution is -0.217. The lowest BCUT2D eigenvalue weighted by atomic mass is 10.1. The Balaban J connectivity index is 1.54. The third-order valence-corrected chi connectivity index (χ3v) is 8.31. The quantitative estimate of drug-likeness (QED) is 0.196. The first-order valence-corrected chi connectivity index (χ1v) is 11.2. The van der Waals surface area contributed by atoms with Crippen molar-refractivity contribution >= 4 is 36.2 Å². The van der Waals surface area contributed by atoms with Crippen LogP contribution in [0.15, 0.2) is 0 Å². The zero-order valence-electron chi connectivity index (χ0n) is 14.7. The third-order valence-electron chi connectivity index (χ3n) is 4.96. The fourth-order valence-electron chi connectivity index (χ4n) is 3.15. The zero-order valence-corrected chi connectivity index (χ0v) is 17.2. The summed E-state index contributed by atoms with van der Waals surface area (Å²) in [6, 6.07) is 0. The summed E-state index contributed by atoms with van der Waals surface area (Å²) >= 11 is 6.18. The van der Waals surface area contributed by atoms with E-state index in [1.165, 1.54) is 0 Å². The molecule has 0 amide bonds. The number of aliphatic hydroxyl groups excluding tert-OH is 7. The van der Waals surface area contributed by atoms with E-state index in [9.17, 15) is 35.7 Å². The molecule has 0 bridgehead atoms. The minimum absolute atomic E-state index is 0.0301. The Hall–Kier alpha value is 0.650. The van der Waals surface area contributed by atoms with Crippen LogP contribution in [0.25, 0.3) is 0 Å². The van der Waals surface area contributed by atoms with Crippen LogP contribution in [0.2, 0.25) is 0 Å². The van der Waals surface area contributed by atoms with Crippen molar-refractivity contribution in [1.29, 1.82) is 0 Å². The molecular weight excluding hydrogens is 436 g/mol. The van der Waals surface area contributed by atoms with Gasteiger partial charge in [-0.25, -0.2) is 0 Å². The number of ether oxygens (including phenoxy) is 3. The van der Waals surface area contributed by atoms with E-state index in [1.54, 1.807) is 0 Å². The van der Waals surface area contributed by atoms with E-state index in [-0.39, 0.29) is 19.8 Å². The monoisotopic (exact) mass is 462 g/mol. The van der Waals surface area contributed by atoms with E-state index in [0.29, 0.717) is 0 Å². The molecule has 0 aliphatic carbocycles. The molecule has 3 aliphatic heterocycles. The Morgan fingerprint density at radius 3 is 1.64 bits per heavy atom. The Bertz CT molecular complexity index is 474. The molecule has 164 valence electrons. The van der Waals surface area contributed by atoms with Crippen molar-refractivity contribution in [1.82, 2.24) is 0 Å². The summed E-state index contributed by atoms with van der Waals surface area (Å²) in [7, 11) is 0. The minimum atomic E-state index is -1.48. The number of rotatable bonds is 4. The van der Waals surface area contributed by atoms with E-state index in [4.69, 9.17) is 14.2 Å². The van der Waals surface area contributed by atoms with Gasteiger partial charge in [-0.05, 0) is 0 Å². The Morgan fingerprint density at radius 1 is 0.571 bits per heavy atom. The van der Waals surface area contributed by atoms with Crippen LogP contribution >= 0.6 is 36.2 Å². The lowest BCUT2D eigenvalue weighted by Crippen LogP contribution is -2.56. The Labute approximate surface area is 175 Å². The molecule has 7 N–H and O–H groups in total. The summed E-state index contributed by atoms with van der Waals surface area (Å²) < 4.78 is 16.1. The van der Waals surface area contributed by atoms with E-state index < -0.39 is 69.5 Å². The predicted molar refractivity (Wildman–Crippen MR) is 103 cm³/mol. The SMILES string of the molecule is O[C@@H]1[C@@H](O)[C@H](S[C@@H]2CO[C@@H](S[C@@H]3CO[C@H](O)[C@H](O)[C@H]3O)[C@H](O)[C@H]2O)OC[C@H]1S. The first-order valence-electron chi connectivity index (χ1n) is 8.81. The molecule has 3 aliphatic rings. The molecule has 0 radical (unpaired) electrons. The number of thiol groups is 1. The number of hydrogen-bond acceptors (Lipinski definition) is 13. The topological polar surface area (TPSA) is 169 Å². The van der Waals surface area contributed by atoms with Gasteiger partial charge in [-0.15, -0.1) is 23.5 Å². The highest BCUT2D eigenvalue weighted by molar-refractivity contribution is 8.01. The highest BCUT2D eigenvalue weighted by Crippen LogP contribution is 2.38. The molecule has 0 unspecified atom stereocenters. The van der Waals surface area contributed by atoms with Crippen LogP contribution in [-0.4, -0.2) is 125 Å². The standard InChI is InChI=1S/C15H26O10S3/c16-7-4(26)1-24-14(11(7)20)28-6-3-25-15(12(21)9(6)18)27-5-2-23-13(22)10(19)8(5)17/h4-22,26H,1-3H2/t4-,5-,6-,7+,8+,9+,10-,11-,12-,13+,14+,15+/m1/s1. The van der Waals surface area contributed by atoms with Crippen molar-refractivity contribution in [3.8, 4) is 0 Å². The molecule has 3 fully saturated rings. The minimum Gasteiger partial charge on any atom is -0.389 e. The Morgan fingerprint density at radius 2 is 1.04 bits per heavy atom. The first kappa shape index (κ1) is 23.3. The second-order valence-electron chi connectivity index (χ2n) is 6.99. The van der Waals surface area contributed by atoms with Crippen molar-refractivity contribution < 1.29 is 50.0 Å². The molecular formula is C15H26O10S3. The predicted octanol–water partition coefficient (Wildman–Crippen LogP) is -3.28. The zero-order chi connectivity index (χ0) is 20.6. The molecule has 3 rings (SSSR count). The highest BCUT2D eigenvalue weighted by Gasteiger charge is 2.46. The van der Waals surface area contributed by atoms with Gasteiger partial charge in [0.1, 0.15) is 29.2 Å². The van der Waals surface area contributed by atoms with Gasteiger partial charge >= 0.3 is 0 Å². The van der Waals surface area contributed by atoms with Gasteiger partial charge in [0.15, 0.2) is 6.29 Å². The van der Waals surface area contributed by atoms with Crippen LogP contribution in [-0.2, 0) is 14.2 Å². The average molecular weight is 463 g/mol. The lowest BCUT2D eigenvalue weighted by Gasteiger charge is -2.43. The van der Waals surface area contributed by atoms with E-state index >= 15 is 0 Å². The molecule has 3 saturated heterocycles. The molecule has 0 spiro atoms. The van der Waals surface area contributed by atoms with Crippen molar-refractivity contribution in [3.05, 3.63) is 0 Å². The number of aliphatic hydroxyl groups is 7. The molecule has 0 aromatic heterocycles. The van der Waals surface area contributed by atoms with Gasteiger partial charge in [0.2, 0.25) is 0 Å². The maximum atomic E-state index is 10.5. The van der Waals surface area contributed by atoms with Crippen LogP contribution in [0.4, 0.5) is 0 Å². The molecule has 28 heavy (non-hydrogen) atoms. The van der Waals surface area contributed by atoms with Crippen molar-refractivity contribution in [2.45, 2.75) is 69.5 Å². The van der Waals surface area contributed by atoms with Gasteiger partial charge in [0.25, 0.3) is 0 Å². The molecule has 0 aromatic carbocycles. The summed E-state index contributed by atoms with van der Waals surface area (Å²) in [6.07, 6.45) is -9.03. The maximum Gasteiger partial charge on any atom is 0.183 e. The van der Waals surface area contributed by atoms with Gasteiger partial charge in [-0.2, -0.15) is 12.6 Å². The third kappa shape index (κ3) is 4.93. The van der Waals surface area contributed by atoms with Crippen LogP contribution < -0.4 is 0 Å². The summed E-state index contributed by atoms with van der Waals surface area (Å²) in [4.78, 5) is 0. The number of thioether (sulfide) groups is 2. The van der Waals surface area contributed by atoms with Crippen molar-refractivity contribution in [2.24, 2.45) is 0 Å². The fourth-order valence-corrected chi connectivity index (χ4v) is 6.02. The highest BCUT2D eigenvalue weighted by atomic mass is 32.2. The number of hydrogen-bond donors (Lipinski definition) is 8. The van der Waals surface area contributed by atoms with Crippen LogP contribution in [0.1, 0.15) is 0 Å². The van der Waals surface area contributed by atoms with Crippen LogP contribution in [0.5, 0.6) is 0 Å². The largest absolute Gasteiger partial charge is 0.389 e. The summed E-state index contributed by atoms with van der Waals surface area (Å²) in [5, 5.41) is 68.3. The summed E-state index contributed by atoms with van der Waals surface area (Å²) in [6.45, 7) is 0.107. The van der Waals surface area contributed by atoms with E-state index in [1.807, 2.05) is 0 Å². The van der Waals surface area contributed by atoms with Crippen LogP contribution in [0.3, 0.4) is 0 Å². The first-order chi connectivity index (χ1) is 13.2. The molecule has 0 aromatic rings. The van der Waals surface area contributed by atoms with Gasteiger partial charge in [-0.3, -0.25) is 0 Å². The second-order valence-corrected chi connectivity index (χ2v) is 10.3. The average Bonchev–Trinajstić information content (AvgIpc) is 2.68. The molecule has 3 heterocycles. The molecule has 10 nitrogen and oxygen atoms in total. The fraction of sp³-hybridized carbons (Fsp3) is 1.00. The molecule has 12 atom stereocenters. The molecule has 13 heteroatoms. The van der Waals surface area contributed by atoms with Crippen LogP contribution in [0, 0.1) is 0 Å². The van der Waals surface area contributed by atoms with E-state index in [2.05, 4.69) is 12.6 Å². The van der Waals surface area contributed by atoms with Crippen molar-refractivity contribution in [3.63, 3.8) is 0 Å². The van der Waals surface area contributed by atoms with Gasteiger partial charge < -0.3 is 50.0 Å². The van der Waals surface area contributed by atoms with Gasteiger partial charge in [0.05, 0.1) is 53.9 Å².